The molecule has 0 aliphatic carbocycles. The number of nitrogens with two attached hydrogens (primary N) is 1. The first-order valence-electron chi connectivity index (χ1n) is 5.99. The van der Waals surface area contributed by atoms with Gasteiger partial charge in [-0.05, 0) is 52.7 Å². The molecule has 0 unspecified atom stereocenters. The molecule has 5 heteroatoms. The first kappa shape index (κ1) is 14.5. The summed E-state index contributed by atoms with van der Waals surface area (Å²) in [4.78, 5) is 14.0. The number of amides is 1. The number of hydrogen-bond donors (Lipinski definition) is 1. The number of anilines is 2. The largest absolute Gasteiger partial charge is 0.396 e. The van der Waals surface area contributed by atoms with Crippen LogP contribution in [0.3, 0.4) is 0 Å². The predicted octanol–water partition coefficient (Wildman–Crippen LogP) is 3.76. The minimum atomic E-state index is -0.549. The number of nitrogen functional groups attached to an aromatic ring is 1. The van der Waals surface area contributed by atoms with Crippen molar-refractivity contribution in [1.29, 1.82) is 0 Å². The third kappa shape index (κ3) is 2.82. The smallest absolute Gasteiger partial charge is 0.259 e. The van der Waals surface area contributed by atoms with Crippen molar-refractivity contribution in [2.45, 2.75) is 6.92 Å². The van der Waals surface area contributed by atoms with Crippen LogP contribution in [0.4, 0.5) is 15.8 Å². The van der Waals surface area contributed by atoms with Crippen molar-refractivity contribution in [3.05, 3.63) is 57.8 Å². The second-order valence-corrected chi connectivity index (χ2v) is 5.41. The highest BCUT2D eigenvalue weighted by atomic mass is 79.9. The molecular weight excluding hydrogens is 323 g/mol. The molecule has 104 valence electrons. The Kier molecular flexibility index (Phi) is 4.09. The molecule has 0 fully saturated rings. The van der Waals surface area contributed by atoms with Crippen molar-refractivity contribution >= 4 is 33.2 Å². The topological polar surface area (TPSA) is 46.3 Å². The molecule has 0 saturated heterocycles. The molecule has 3 nitrogen and oxygen atoms in total. The monoisotopic (exact) mass is 336 g/mol. The molecule has 2 aromatic rings. The van der Waals surface area contributed by atoms with Crippen LogP contribution in [0.25, 0.3) is 0 Å². The molecule has 0 radical (unpaired) electrons. The fourth-order valence-electron chi connectivity index (χ4n) is 1.86. The second kappa shape index (κ2) is 5.63. The lowest BCUT2D eigenvalue weighted by Crippen LogP contribution is -2.26. The van der Waals surface area contributed by atoms with E-state index in [0.29, 0.717) is 10.0 Å². The van der Waals surface area contributed by atoms with Gasteiger partial charge in [0.15, 0.2) is 0 Å². The molecule has 0 heterocycles. The maximum atomic E-state index is 13.3. The Morgan fingerprint density at radius 3 is 2.65 bits per heavy atom. The average Bonchev–Trinajstić information content (AvgIpc) is 2.41. The Bertz CT molecular complexity index is 673. The molecule has 2 N–H and O–H groups in total. The molecular formula is C15H14BrFN2O. The Hall–Kier alpha value is -1.88. The first-order chi connectivity index (χ1) is 9.40. The number of rotatable bonds is 2. The van der Waals surface area contributed by atoms with E-state index in [9.17, 15) is 9.18 Å². The lowest BCUT2D eigenvalue weighted by Gasteiger charge is -2.19. The lowest BCUT2D eigenvalue weighted by atomic mass is 10.1. The zero-order valence-corrected chi connectivity index (χ0v) is 12.7. The van der Waals surface area contributed by atoms with Crippen LogP contribution in [0.5, 0.6) is 0 Å². The Morgan fingerprint density at radius 2 is 2.00 bits per heavy atom. The second-order valence-electron chi connectivity index (χ2n) is 4.56. The van der Waals surface area contributed by atoms with Crippen LogP contribution in [-0.4, -0.2) is 13.0 Å². The lowest BCUT2D eigenvalue weighted by molar-refractivity contribution is 0.0992. The summed E-state index contributed by atoms with van der Waals surface area (Å²) in [5.74, 6) is -0.805. The van der Waals surface area contributed by atoms with E-state index in [-0.39, 0.29) is 11.6 Å². The number of benzene rings is 2. The van der Waals surface area contributed by atoms with Crippen LogP contribution in [-0.2, 0) is 0 Å². The highest BCUT2D eigenvalue weighted by Crippen LogP contribution is 2.25. The molecule has 0 atom stereocenters. The van der Waals surface area contributed by atoms with Crippen LogP contribution in [0.1, 0.15) is 15.9 Å². The molecule has 2 aromatic carbocycles. The van der Waals surface area contributed by atoms with Crippen LogP contribution >= 0.6 is 15.9 Å². The van der Waals surface area contributed by atoms with Crippen LogP contribution in [0.2, 0.25) is 0 Å². The number of nitrogens with zero attached hydrogens (tertiary/aromatic N) is 1. The first-order valence-corrected chi connectivity index (χ1v) is 6.78. The quantitative estimate of drug-likeness (QED) is 0.849. The van der Waals surface area contributed by atoms with Crippen LogP contribution in [0.15, 0.2) is 40.9 Å². The summed E-state index contributed by atoms with van der Waals surface area (Å²) in [6.07, 6.45) is 0. The summed E-state index contributed by atoms with van der Waals surface area (Å²) in [5.41, 5.74) is 7.63. The van der Waals surface area contributed by atoms with E-state index in [1.54, 1.807) is 7.05 Å². The molecule has 0 aliphatic rings. The standard InChI is InChI=1S/C15H14BrFN2O/c1-9-4-3-5-10(6-9)19(2)15(20)11-7-14(18)13(17)8-12(11)16/h3-8H,18H2,1-2H3. The minimum absolute atomic E-state index is 0.0470. The SMILES string of the molecule is Cc1cccc(N(C)C(=O)c2cc(N)c(F)cc2Br)c1. The van der Waals surface area contributed by atoms with Crippen LogP contribution < -0.4 is 10.6 Å². The van der Waals surface area contributed by atoms with Crippen molar-refractivity contribution in [3.63, 3.8) is 0 Å². The van der Waals surface area contributed by atoms with Gasteiger partial charge in [0.05, 0.1) is 11.3 Å². The summed E-state index contributed by atoms with van der Waals surface area (Å²) in [6, 6.07) is 10.1. The average molecular weight is 337 g/mol. The Labute approximate surface area is 125 Å². The summed E-state index contributed by atoms with van der Waals surface area (Å²) in [7, 11) is 1.67. The van der Waals surface area contributed by atoms with Gasteiger partial charge in [-0.25, -0.2) is 4.39 Å². The van der Waals surface area contributed by atoms with Crippen molar-refractivity contribution in [3.8, 4) is 0 Å². The molecule has 1 amide bonds. The minimum Gasteiger partial charge on any atom is -0.396 e. The van der Waals surface area contributed by atoms with E-state index in [1.165, 1.54) is 17.0 Å². The normalized spacial score (nSPS) is 10.4. The summed E-state index contributed by atoms with van der Waals surface area (Å²) in [6.45, 7) is 1.95. The number of halogens is 2. The van der Waals surface area contributed by atoms with Gasteiger partial charge in [-0.15, -0.1) is 0 Å². The molecule has 2 rings (SSSR count). The number of hydrogen-bond acceptors (Lipinski definition) is 2. The third-order valence-corrected chi connectivity index (χ3v) is 3.67. The van der Waals surface area contributed by atoms with Gasteiger partial charge in [-0.2, -0.15) is 0 Å². The molecule has 0 aliphatic heterocycles. The van der Waals surface area contributed by atoms with Gasteiger partial charge < -0.3 is 10.6 Å². The maximum absolute atomic E-state index is 13.3. The summed E-state index contributed by atoms with van der Waals surface area (Å²) >= 11 is 3.19. The third-order valence-electron chi connectivity index (χ3n) is 3.01. The number of carbonyl (C=O) groups is 1. The van der Waals surface area contributed by atoms with Crippen molar-refractivity contribution < 1.29 is 9.18 Å². The Balaban J connectivity index is 2.39. The Morgan fingerprint density at radius 1 is 1.30 bits per heavy atom. The van der Waals surface area contributed by atoms with E-state index >= 15 is 0 Å². The predicted molar refractivity (Wildman–Crippen MR) is 82.4 cm³/mol. The van der Waals surface area contributed by atoms with Gasteiger partial charge in [0.1, 0.15) is 5.82 Å². The summed E-state index contributed by atoms with van der Waals surface area (Å²) in [5, 5.41) is 0. The van der Waals surface area contributed by atoms with Gasteiger partial charge >= 0.3 is 0 Å². The highest BCUT2D eigenvalue weighted by molar-refractivity contribution is 9.10. The van der Waals surface area contributed by atoms with Gasteiger partial charge in [0.2, 0.25) is 0 Å². The van der Waals surface area contributed by atoms with Gasteiger partial charge in [-0.1, -0.05) is 12.1 Å². The number of aryl methyl sites for hydroxylation is 1. The van der Waals surface area contributed by atoms with Crippen LogP contribution in [0, 0.1) is 12.7 Å². The zero-order valence-electron chi connectivity index (χ0n) is 11.2. The van der Waals surface area contributed by atoms with Crippen molar-refractivity contribution in [2.75, 3.05) is 17.7 Å². The fraction of sp³-hybridized carbons (Fsp3) is 0.133. The zero-order chi connectivity index (χ0) is 14.9. The van der Waals surface area contributed by atoms with Gasteiger partial charge in [0, 0.05) is 17.2 Å². The van der Waals surface area contributed by atoms with Crippen molar-refractivity contribution in [2.24, 2.45) is 0 Å². The molecule has 0 bridgehead atoms. The fourth-order valence-corrected chi connectivity index (χ4v) is 2.35. The molecule has 0 spiro atoms. The van der Waals surface area contributed by atoms with E-state index in [1.807, 2.05) is 31.2 Å². The highest BCUT2D eigenvalue weighted by Gasteiger charge is 2.18. The van der Waals surface area contributed by atoms with E-state index in [2.05, 4.69) is 15.9 Å². The number of carbonyl (C=O) groups excluding carboxylic acids is 1. The van der Waals surface area contributed by atoms with Gasteiger partial charge in [0.25, 0.3) is 5.91 Å². The van der Waals surface area contributed by atoms with E-state index in [4.69, 9.17) is 5.73 Å². The molecule has 0 saturated carbocycles. The van der Waals surface area contributed by atoms with Crippen molar-refractivity contribution in [1.82, 2.24) is 0 Å². The van der Waals surface area contributed by atoms with Gasteiger partial charge in [-0.3, -0.25) is 4.79 Å². The maximum Gasteiger partial charge on any atom is 0.259 e. The van der Waals surface area contributed by atoms with E-state index < -0.39 is 5.82 Å². The molecule has 20 heavy (non-hydrogen) atoms. The summed E-state index contributed by atoms with van der Waals surface area (Å²) < 4.78 is 13.7. The van der Waals surface area contributed by atoms with E-state index in [0.717, 1.165) is 11.3 Å². The molecule has 0 aromatic heterocycles.